The number of H-pyrrole nitrogens is 1. The summed E-state index contributed by atoms with van der Waals surface area (Å²) in [6.45, 7) is 6.09. The molecular weight excluding hydrogens is 336 g/mol. The Bertz CT molecular complexity index is 886. The van der Waals surface area contributed by atoms with E-state index in [-0.39, 0.29) is 12.3 Å². The molecule has 6 heteroatoms. The Morgan fingerprint density at radius 3 is 2.68 bits per heavy atom. The third-order valence-corrected chi connectivity index (χ3v) is 4.61. The van der Waals surface area contributed by atoms with Crippen molar-refractivity contribution < 1.29 is 4.79 Å². The third kappa shape index (κ3) is 3.77. The number of benzene rings is 2. The Morgan fingerprint density at radius 1 is 1.20 bits per heavy atom. The maximum Gasteiger partial charge on any atom is 0.230 e. The molecule has 3 rings (SSSR count). The molecule has 1 amide bonds. The lowest BCUT2D eigenvalue weighted by Gasteiger charge is -2.20. The van der Waals surface area contributed by atoms with Crippen LogP contribution in [0, 0.1) is 0 Å². The first kappa shape index (κ1) is 17.3. The van der Waals surface area contributed by atoms with Crippen molar-refractivity contribution in [3.05, 3.63) is 53.1 Å². The quantitative estimate of drug-likeness (QED) is 0.694. The molecule has 0 fully saturated rings. The average Bonchev–Trinajstić information content (AvgIpc) is 3.00. The van der Waals surface area contributed by atoms with E-state index in [1.807, 2.05) is 24.3 Å². The summed E-state index contributed by atoms with van der Waals surface area (Å²) in [7, 11) is 0. The predicted molar refractivity (Wildman–Crippen MR) is 103 cm³/mol. The van der Waals surface area contributed by atoms with Gasteiger partial charge in [0.25, 0.3) is 0 Å². The Kier molecular flexibility index (Phi) is 5.24. The number of aromatic nitrogens is 2. The van der Waals surface area contributed by atoms with Crippen LogP contribution in [0.15, 0.2) is 42.5 Å². The molecule has 3 aromatic rings. The number of carbonyl (C=O) groups excluding carboxylic acids is 1. The first-order valence-electron chi connectivity index (χ1n) is 8.38. The van der Waals surface area contributed by atoms with Crippen LogP contribution in [0.3, 0.4) is 0 Å². The van der Waals surface area contributed by atoms with E-state index in [2.05, 4.69) is 46.4 Å². The predicted octanol–water partition coefficient (Wildman–Crippen LogP) is 4.24. The van der Waals surface area contributed by atoms with Crippen LogP contribution in [0.25, 0.3) is 10.9 Å². The standard InChI is InChI=1S/C19H21ClN4O/c1-3-24(4-2)14-9-10-17-15(12-14)19(23-22-17)21-18(25)11-13-7-5-6-8-16(13)20/h5-10,12H,3-4,11H2,1-2H3,(H2,21,22,23,25). The minimum atomic E-state index is -0.144. The van der Waals surface area contributed by atoms with E-state index >= 15 is 0 Å². The van der Waals surface area contributed by atoms with Crippen molar-refractivity contribution in [1.29, 1.82) is 0 Å². The SMILES string of the molecule is CCN(CC)c1ccc2[nH]nc(NC(=O)Cc3ccccc3Cl)c2c1. The van der Waals surface area contributed by atoms with Gasteiger partial charge in [0.2, 0.25) is 5.91 Å². The summed E-state index contributed by atoms with van der Waals surface area (Å²) >= 11 is 6.13. The highest BCUT2D eigenvalue weighted by molar-refractivity contribution is 6.31. The summed E-state index contributed by atoms with van der Waals surface area (Å²) in [4.78, 5) is 14.6. The first-order chi connectivity index (χ1) is 12.1. The third-order valence-electron chi connectivity index (χ3n) is 4.24. The molecule has 2 N–H and O–H groups in total. The lowest BCUT2D eigenvalue weighted by molar-refractivity contribution is -0.115. The van der Waals surface area contributed by atoms with Crippen LogP contribution in [-0.2, 0) is 11.2 Å². The Hall–Kier alpha value is -2.53. The van der Waals surface area contributed by atoms with Gasteiger partial charge in [0.1, 0.15) is 0 Å². The monoisotopic (exact) mass is 356 g/mol. The summed E-state index contributed by atoms with van der Waals surface area (Å²) in [5.74, 6) is 0.399. The zero-order chi connectivity index (χ0) is 17.8. The molecule has 0 bridgehead atoms. The van der Waals surface area contributed by atoms with Gasteiger partial charge in [-0.15, -0.1) is 0 Å². The second-order valence-electron chi connectivity index (χ2n) is 5.79. The molecule has 1 heterocycles. The van der Waals surface area contributed by atoms with Crippen molar-refractivity contribution in [2.24, 2.45) is 0 Å². The van der Waals surface area contributed by atoms with Crippen molar-refractivity contribution in [2.45, 2.75) is 20.3 Å². The number of hydrogen-bond donors (Lipinski definition) is 2. The first-order valence-corrected chi connectivity index (χ1v) is 8.76. The fourth-order valence-corrected chi connectivity index (χ4v) is 3.08. The van der Waals surface area contributed by atoms with Crippen LogP contribution >= 0.6 is 11.6 Å². The fourth-order valence-electron chi connectivity index (χ4n) is 2.87. The lowest BCUT2D eigenvalue weighted by atomic mass is 10.1. The molecule has 2 aromatic carbocycles. The van der Waals surface area contributed by atoms with Crippen LogP contribution in [-0.4, -0.2) is 29.2 Å². The summed E-state index contributed by atoms with van der Waals surface area (Å²) < 4.78 is 0. The molecule has 0 aliphatic heterocycles. The number of fused-ring (bicyclic) bond motifs is 1. The number of anilines is 2. The maximum absolute atomic E-state index is 12.4. The Morgan fingerprint density at radius 2 is 1.96 bits per heavy atom. The molecule has 0 aliphatic carbocycles. The maximum atomic E-state index is 12.4. The minimum Gasteiger partial charge on any atom is -0.372 e. The topological polar surface area (TPSA) is 61.0 Å². The van der Waals surface area contributed by atoms with Gasteiger partial charge in [0.15, 0.2) is 5.82 Å². The zero-order valence-corrected chi connectivity index (χ0v) is 15.1. The van der Waals surface area contributed by atoms with Crippen molar-refractivity contribution in [2.75, 3.05) is 23.3 Å². The molecule has 5 nitrogen and oxygen atoms in total. The second kappa shape index (κ2) is 7.57. The molecular formula is C19H21ClN4O. The number of carbonyl (C=O) groups is 1. The van der Waals surface area contributed by atoms with E-state index in [0.717, 1.165) is 35.2 Å². The number of hydrogen-bond acceptors (Lipinski definition) is 3. The molecule has 130 valence electrons. The van der Waals surface area contributed by atoms with Gasteiger partial charge >= 0.3 is 0 Å². The molecule has 0 unspecified atom stereocenters. The molecule has 25 heavy (non-hydrogen) atoms. The summed E-state index contributed by atoms with van der Waals surface area (Å²) in [5, 5.41) is 11.6. The van der Waals surface area contributed by atoms with Crippen LogP contribution in [0.4, 0.5) is 11.5 Å². The smallest absolute Gasteiger partial charge is 0.230 e. The van der Waals surface area contributed by atoms with E-state index in [1.165, 1.54) is 0 Å². The molecule has 1 aromatic heterocycles. The van der Waals surface area contributed by atoms with Crippen molar-refractivity contribution in [3.8, 4) is 0 Å². The zero-order valence-electron chi connectivity index (χ0n) is 14.3. The molecule has 0 aliphatic rings. The van der Waals surface area contributed by atoms with Crippen LogP contribution in [0.5, 0.6) is 0 Å². The van der Waals surface area contributed by atoms with Crippen LogP contribution in [0.2, 0.25) is 5.02 Å². The molecule has 0 saturated heterocycles. The van der Waals surface area contributed by atoms with Gasteiger partial charge in [0.05, 0.1) is 11.9 Å². The average molecular weight is 357 g/mol. The Balaban J connectivity index is 1.82. The molecule has 0 atom stereocenters. The van der Waals surface area contributed by atoms with Crippen molar-refractivity contribution >= 4 is 39.9 Å². The summed E-state index contributed by atoms with van der Waals surface area (Å²) in [6, 6.07) is 13.4. The summed E-state index contributed by atoms with van der Waals surface area (Å²) in [6.07, 6.45) is 0.212. The van der Waals surface area contributed by atoms with Gasteiger partial charge in [-0.3, -0.25) is 9.89 Å². The highest BCUT2D eigenvalue weighted by atomic mass is 35.5. The summed E-state index contributed by atoms with van der Waals surface area (Å²) in [5.41, 5.74) is 2.80. The number of halogens is 1. The van der Waals surface area contributed by atoms with Gasteiger partial charge in [-0.25, -0.2) is 0 Å². The van der Waals surface area contributed by atoms with E-state index in [0.29, 0.717) is 10.8 Å². The van der Waals surface area contributed by atoms with E-state index in [1.54, 1.807) is 6.07 Å². The minimum absolute atomic E-state index is 0.144. The highest BCUT2D eigenvalue weighted by Gasteiger charge is 2.13. The lowest BCUT2D eigenvalue weighted by Crippen LogP contribution is -2.21. The van der Waals surface area contributed by atoms with Gasteiger partial charge < -0.3 is 10.2 Å². The molecule has 0 radical (unpaired) electrons. The number of aromatic amines is 1. The molecule has 0 saturated carbocycles. The highest BCUT2D eigenvalue weighted by Crippen LogP contribution is 2.26. The number of nitrogens with zero attached hydrogens (tertiary/aromatic N) is 2. The second-order valence-corrected chi connectivity index (χ2v) is 6.20. The van der Waals surface area contributed by atoms with Crippen LogP contribution in [0.1, 0.15) is 19.4 Å². The van der Waals surface area contributed by atoms with E-state index in [4.69, 9.17) is 11.6 Å². The van der Waals surface area contributed by atoms with Crippen molar-refractivity contribution in [3.63, 3.8) is 0 Å². The fraction of sp³-hybridized carbons (Fsp3) is 0.263. The largest absolute Gasteiger partial charge is 0.372 e. The normalized spacial score (nSPS) is 10.8. The van der Waals surface area contributed by atoms with Gasteiger partial charge in [-0.05, 0) is 43.7 Å². The van der Waals surface area contributed by atoms with Gasteiger partial charge in [-0.1, -0.05) is 29.8 Å². The van der Waals surface area contributed by atoms with E-state index < -0.39 is 0 Å². The molecule has 0 spiro atoms. The van der Waals surface area contributed by atoms with Crippen LogP contribution < -0.4 is 10.2 Å². The number of amides is 1. The number of rotatable bonds is 6. The van der Waals surface area contributed by atoms with E-state index in [9.17, 15) is 4.79 Å². The Labute approximate surface area is 152 Å². The number of nitrogens with one attached hydrogen (secondary N) is 2. The van der Waals surface area contributed by atoms with Crippen molar-refractivity contribution in [1.82, 2.24) is 10.2 Å². The van der Waals surface area contributed by atoms with Gasteiger partial charge in [-0.2, -0.15) is 5.10 Å². The van der Waals surface area contributed by atoms with Gasteiger partial charge in [0, 0.05) is 29.2 Å².